The van der Waals surface area contributed by atoms with E-state index in [-0.39, 0.29) is 17.2 Å². The molecule has 0 saturated carbocycles. The van der Waals surface area contributed by atoms with Crippen LogP contribution in [0.1, 0.15) is 57.6 Å². The van der Waals surface area contributed by atoms with Crippen molar-refractivity contribution in [3.8, 4) is 0 Å². The molecule has 1 unspecified atom stereocenters. The molecule has 0 aliphatic carbocycles. The molecule has 1 fully saturated rings. The van der Waals surface area contributed by atoms with Crippen molar-refractivity contribution in [1.82, 2.24) is 10.2 Å². The molecule has 1 atom stereocenters. The lowest BCUT2D eigenvalue weighted by molar-refractivity contribution is -0.142. The van der Waals surface area contributed by atoms with E-state index in [0.717, 1.165) is 24.9 Å². The van der Waals surface area contributed by atoms with Crippen molar-refractivity contribution < 1.29 is 14.4 Å². The summed E-state index contributed by atoms with van der Waals surface area (Å²) in [5, 5.41) is 6.99. The molecule has 0 bridgehead atoms. The molecule has 3 rings (SSSR count). The van der Waals surface area contributed by atoms with Crippen LogP contribution < -0.4 is 5.32 Å². The second-order valence-corrected chi connectivity index (χ2v) is 9.31. The molecule has 0 aromatic heterocycles. The number of carbonyl (C=O) groups excluding carboxylic acids is 2. The molecule has 2 heterocycles. The van der Waals surface area contributed by atoms with E-state index < -0.39 is 5.60 Å². The van der Waals surface area contributed by atoms with Crippen molar-refractivity contribution in [3.05, 3.63) is 35.4 Å². The molecule has 0 radical (unpaired) electrons. The Kier molecular flexibility index (Phi) is 5.77. The van der Waals surface area contributed by atoms with Gasteiger partial charge in [0, 0.05) is 25.9 Å². The number of oxime groups is 1. The Morgan fingerprint density at radius 1 is 1.25 bits per heavy atom. The Morgan fingerprint density at radius 2 is 1.96 bits per heavy atom. The number of likely N-dealkylation sites (tertiary alicyclic amines) is 1. The number of amides is 2. The highest BCUT2D eigenvalue weighted by Crippen LogP contribution is 2.34. The topological polar surface area (TPSA) is 71.0 Å². The second-order valence-electron chi connectivity index (χ2n) is 9.31. The fourth-order valence-electron chi connectivity index (χ4n) is 3.73. The van der Waals surface area contributed by atoms with E-state index in [1.807, 2.05) is 36.1 Å². The maximum atomic E-state index is 12.6. The van der Waals surface area contributed by atoms with Crippen LogP contribution in [0.4, 0.5) is 0 Å². The maximum absolute atomic E-state index is 12.6. The first-order valence-electron chi connectivity index (χ1n) is 10.0. The molecule has 6 heteroatoms. The van der Waals surface area contributed by atoms with Gasteiger partial charge in [-0.15, -0.1) is 0 Å². The van der Waals surface area contributed by atoms with Gasteiger partial charge in [0.2, 0.25) is 5.91 Å². The number of hydrogen-bond acceptors (Lipinski definition) is 4. The minimum atomic E-state index is -0.553. The van der Waals surface area contributed by atoms with Crippen LogP contribution in [0.5, 0.6) is 0 Å². The third kappa shape index (κ3) is 5.12. The van der Waals surface area contributed by atoms with Crippen LogP contribution in [0.2, 0.25) is 0 Å². The molecule has 2 aliphatic rings. The molecular weight excluding hydrogens is 354 g/mol. The maximum Gasteiger partial charge on any atom is 0.269 e. The summed E-state index contributed by atoms with van der Waals surface area (Å²) in [7, 11) is 0. The number of rotatable bonds is 4. The van der Waals surface area contributed by atoms with Gasteiger partial charge < -0.3 is 15.1 Å². The van der Waals surface area contributed by atoms with Gasteiger partial charge in [0.25, 0.3) is 5.91 Å². The van der Waals surface area contributed by atoms with Gasteiger partial charge in [0.05, 0.1) is 6.54 Å². The molecule has 1 saturated heterocycles. The van der Waals surface area contributed by atoms with Crippen molar-refractivity contribution in [1.29, 1.82) is 0 Å². The lowest BCUT2D eigenvalue weighted by Crippen LogP contribution is -2.51. The molecule has 1 spiro atoms. The van der Waals surface area contributed by atoms with Gasteiger partial charge >= 0.3 is 0 Å². The molecule has 1 aromatic rings. The highest BCUT2D eigenvalue weighted by atomic mass is 16.7. The van der Waals surface area contributed by atoms with Gasteiger partial charge in [-0.1, -0.05) is 55.8 Å². The number of aryl methyl sites for hydroxylation is 1. The van der Waals surface area contributed by atoms with Crippen LogP contribution >= 0.6 is 0 Å². The highest BCUT2D eigenvalue weighted by molar-refractivity contribution is 6.39. The molecule has 152 valence electrons. The van der Waals surface area contributed by atoms with Crippen LogP contribution in [0.15, 0.2) is 29.4 Å². The number of nitrogens with zero attached hydrogens (tertiary/aromatic N) is 2. The summed E-state index contributed by atoms with van der Waals surface area (Å²) in [5.74, 6) is -0.0527. The summed E-state index contributed by atoms with van der Waals surface area (Å²) in [5.41, 5.74) is 2.05. The van der Waals surface area contributed by atoms with E-state index >= 15 is 0 Å². The minimum Gasteiger partial charge on any atom is -0.386 e. The van der Waals surface area contributed by atoms with Crippen molar-refractivity contribution in [3.63, 3.8) is 0 Å². The summed E-state index contributed by atoms with van der Waals surface area (Å²) in [6.07, 6.45) is 2.63. The van der Waals surface area contributed by atoms with Gasteiger partial charge in [0.15, 0.2) is 5.60 Å². The average Bonchev–Trinajstić information content (AvgIpc) is 3.03. The summed E-state index contributed by atoms with van der Waals surface area (Å²) < 4.78 is 0. The van der Waals surface area contributed by atoms with Crippen molar-refractivity contribution >= 4 is 17.5 Å². The van der Waals surface area contributed by atoms with Gasteiger partial charge in [-0.25, -0.2) is 0 Å². The van der Waals surface area contributed by atoms with Gasteiger partial charge in [0.1, 0.15) is 5.71 Å². The predicted molar refractivity (Wildman–Crippen MR) is 109 cm³/mol. The molecule has 1 N–H and O–H groups in total. The number of hydrogen-bond donors (Lipinski definition) is 1. The Morgan fingerprint density at radius 3 is 2.64 bits per heavy atom. The SMILES string of the molecule is Cc1ccc(CNC(=O)C2=NOC3(CCCN(C(=O)CC(C)(C)C)C3)C2)cc1. The molecule has 6 nitrogen and oxygen atoms in total. The highest BCUT2D eigenvalue weighted by Gasteiger charge is 2.45. The molecule has 28 heavy (non-hydrogen) atoms. The quantitative estimate of drug-likeness (QED) is 0.865. The van der Waals surface area contributed by atoms with Gasteiger partial charge in [-0.05, 0) is 30.7 Å². The summed E-state index contributed by atoms with van der Waals surface area (Å²) in [6.45, 7) is 9.94. The monoisotopic (exact) mass is 385 g/mol. The van der Waals surface area contributed by atoms with Crippen molar-refractivity contribution in [2.24, 2.45) is 10.6 Å². The molecule has 2 aliphatic heterocycles. The van der Waals surface area contributed by atoms with Gasteiger partial charge in [-0.2, -0.15) is 0 Å². The average molecular weight is 386 g/mol. The van der Waals surface area contributed by atoms with Crippen LogP contribution in [-0.4, -0.2) is 41.1 Å². The van der Waals surface area contributed by atoms with Crippen LogP contribution in [0.3, 0.4) is 0 Å². The van der Waals surface area contributed by atoms with E-state index in [1.165, 1.54) is 5.56 Å². The Hall–Kier alpha value is -2.37. The van der Waals surface area contributed by atoms with E-state index in [1.54, 1.807) is 0 Å². The Bertz CT molecular complexity index is 764. The number of piperidine rings is 1. The molecular formula is C22H31N3O3. The zero-order valence-corrected chi connectivity index (χ0v) is 17.4. The standard InChI is InChI=1S/C22H31N3O3/c1-16-6-8-17(9-7-16)14-23-20(27)18-12-22(28-24-18)10-5-11-25(15-22)19(26)13-21(2,3)4/h6-9H,5,10-15H2,1-4H3,(H,23,27). The smallest absolute Gasteiger partial charge is 0.269 e. The molecule has 2 amide bonds. The summed E-state index contributed by atoms with van der Waals surface area (Å²) in [6, 6.07) is 8.06. The van der Waals surface area contributed by atoms with E-state index in [0.29, 0.717) is 31.6 Å². The predicted octanol–water partition coefficient (Wildman–Crippen LogP) is 3.18. The van der Waals surface area contributed by atoms with Gasteiger partial charge in [-0.3, -0.25) is 9.59 Å². The van der Waals surface area contributed by atoms with Crippen LogP contribution in [-0.2, 0) is 21.0 Å². The van der Waals surface area contributed by atoms with E-state index in [9.17, 15) is 9.59 Å². The van der Waals surface area contributed by atoms with Crippen molar-refractivity contribution in [2.45, 2.75) is 65.5 Å². The first-order valence-corrected chi connectivity index (χ1v) is 10.0. The molecule has 1 aromatic carbocycles. The number of carbonyl (C=O) groups is 2. The van der Waals surface area contributed by atoms with E-state index in [2.05, 4.69) is 31.2 Å². The Labute approximate surface area is 167 Å². The zero-order chi connectivity index (χ0) is 20.4. The van der Waals surface area contributed by atoms with Crippen LogP contribution in [0.25, 0.3) is 0 Å². The zero-order valence-electron chi connectivity index (χ0n) is 17.4. The minimum absolute atomic E-state index is 0.0459. The number of nitrogens with one attached hydrogen (secondary N) is 1. The first kappa shape index (κ1) is 20.4. The second kappa shape index (κ2) is 7.94. The third-order valence-corrected chi connectivity index (χ3v) is 5.25. The third-order valence-electron chi connectivity index (χ3n) is 5.25. The normalized spacial score (nSPS) is 22.0. The first-order chi connectivity index (χ1) is 13.2. The summed E-state index contributed by atoms with van der Waals surface area (Å²) >= 11 is 0. The lowest BCUT2D eigenvalue weighted by Gasteiger charge is -2.39. The Balaban J connectivity index is 1.54. The largest absolute Gasteiger partial charge is 0.386 e. The number of benzene rings is 1. The van der Waals surface area contributed by atoms with Crippen molar-refractivity contribution in [2.75, 3.05) is 13.1 Å². The van der Waals surface area contributed by atoms with E-state index in [4.69, 9.17) is 4.84 Å². The van der Waals surface area contributed by atoms with Crippen LogP contribution in [0, 0.1) is 12.3 Å². The summed E-state index contributed by atoms with van der Waals surface area (Å²) in [4.78, 5) is 32.7. The fourth-order valence-corrected chi connectivity index (χ4v) is 3.73. The lowest BCUT2D eigenvalue weighted by atomic mass is 9.86. The fraction of sp³-hybridized carbons (Fsp3) is 0.591.